The molecular weight excluding hydrogens is 889 g/mol. The lowest BCUT2D eigenvalue weighted by atomic mass is 9.49. The van der Waals surface area contributed by atoms with Gasteiger partial charge in [0.05, 0.1) is 46.7 Å². The molecule has 4 aromatic carbocycles. The highest BCUT2D eigenvalue weighted by Gasteiger charge is 2.70. The zero-order valence-electron chi connectivity index (χ0n) is 29.0. The van der Waals surface area contributed by atoms with Gasteiger partial charge in [0.25, 0.3) is 11.8 Å². The van der Waals surface area contributed by atoms with Crippen molar-refractivity contribution in [1.29, 1.82) is 0 Å². The number of halogens is 6. The highest BCUT2D eigenvalue weighted by molar-refractivity contribution is 14.1. The molecule has 16 heteroatoms. The van der Waals surface area contributed by atoms with E-state index in [1.165, 1.54) is 25.3 Å². The fraction of sp³-hybridized carbons (Fsp3) is 0.250. The second-order valence-corrected chi connectivity index (χ2v) is 16.1. The van der Waals surface area contributed by atoms with Gasteiger partial charge in [0.15, 0.2) is 0 Å². The van der Waals surface area contributed by atoms with E-state index in [1.807, 2.05) is 0 Å². The molecule has 4 amide bonds. The molecule has 0 radical (unpaired) electrons. The normalized spacial score (nSPS) is 25.8. The number of imide groups is 2. The van der Waals surface area contributed by atoms with Gasteiger partial charge in [0.1, 0.15) is 17.2 Å². The van der Waals surface area contributed by atoms with Crippen LogP contribution in [0.5, 0.6) is 17.2 Å². The number of phenols is 1. The maximum atomic E-state index is 15.4. The molecule has 2 saturated heterocycles. The number of phenolic OH excluding ortho intramolecular Hbond substituents is 1. The van der Waals surface area contributed by atoms with Crippen LogP contribution in [0.2, 0.25) is 10.0 Å². The van der Waals surface area contributed by atoms with E-state index in [4.69, 9.17) is 27.9 Å². The Morgan fingerprint density at radius 3 is 2.23 bits per heavy atom. The third-order valence-electron chi connectivity index (χ3n) is 11.2. The van der Waals surface area contributed by atoms with Crippen LogP contribution in [0, 0.1) is 27.2 Å². The minimum absolute atomic E-state index is 0.0474. The fourth-order valence-corrected chi connectivity index (χ4v) is 9.80. The molecule has 6 atom stereocenters. The lowest BCUT2D eigenvalue weighted by Gasteiger charge is -2.50. The molecule has 4 aliphatic rings. The van der Waals surface area contributed by atoms with Crippen molar-refractivity contribution in [2.24, 2.45) is 23.7 Å². The summed E-state index contributed by atoms with van der Waals surface area (Å²) in [6, 6.07) is 20.5. The van der Waals surface area contributed by atoms with Gasteiger partial charge in [-0.25, -0.2) is 0 Å². The predicted octanol–water partition coefficient (Wildman–Crippen LogP) is 8.40. The molecule has 0 unspecified atom stereocenters. The van der Waals surface area contributed by atoms with E-state index in [2.05, 4.69) is 32.8 Å². The molecule has 0 bridgehead atoms. The topological polar surface area (TPSA) is 125 Å². The van der Waals surface area contributed by atoms with Crippen LogP contribution in [-0.2, 0) is 24.6 Å². The number of nitrogens with zero attached hydrogens (tertiary/aromatic N) is 2. The summed E-state index contributed by atoms with van der Waals surface area (Å²) >= 11 is 14.7. The number of ether oxygens (including phenoxy) is 2. The fourth-order valence-electron chi connectivity index (χ4n) is 8.99. The molecule has 2 aliphatic carbocycles. The number of amides is 4. The number of rotatable bonds is 7. The number of carbonyl (C=O) groups is 4. The summed E-state index contributed by atoms with van der Waals surface area (Å²) in [5.41, 5.74) is 1.99. The van der Waals surface area contributed by atoms with Gasteiger partial charge in [-0.2, -0.15) is 5.01 Å². The number of allylic oxidation sites excluding steroid dienone is 2. The second-order valence-electron chi connectivity index (χ2n) is 14.0. The van der Waals surface area contributed by atoms with Gasteiger partial charge in [-0.15, -0.1) is 13.2 Å². The summed E-state index contributed by atoms with van der Waals surface area (Å²) in [7, 11) is 1.45. The first-order valence-corrected chi connectivity index (χ1v) is 19.1. The zero-order chi connectivity index (χ0) is 39.8. The third kappa shape index (κ3) is 6.07. The standard InChI is InChI=1S/C40H29Cl2F3IN3O7/c1-55-23-9-2-19(3-10-23)39-29(36(52)49(38(39)54)47-31-14-4-20(41)16-30(31)42)18-27-25(34(39)28-17-24(11-15-32(28)50)56-40(43,44)45)12-13-26-33(27)37(53)48(35(26)51)22-7-5-21(46)6-8-22/h2-12,14-17,26-27,29,33-34,47,50H,13,18H2,1H3/t26-,27+,29-,33-,34+,39+/m0/s1. The summed E-state index contributed by atoms with van der Waals surface area (Å²) in [6.45, 7) is 0. The zero-order valence-corrected chi connectivity index (χ0v) is 32.7. The average molecular weight is 918 g/mol. The number of hydrogen-bond acceptors (Lipinski definition) is 8. The Morgan fingerprint density at radius 1 is 0.875 bits per heavy atom. The maximum Gasteiger partial charge on any atom is 0.573 e. The van der Waals surface area contributed by atoms with Crippen molar-refractivity contribution < 1.29 is 46.9 Å². The maximum absolute atomic E-state index is 15.4. The van der Waals surface area contributed by atoms with E-state index >= 15 is 4.79 Å². The number of carbonyl (C=O) groups excluding carboxylic acids is 4. The van der Waals surface area contributed by atoms with Crippen molar-refractivity contribution in [3.05, 3.63) is 121 Å². The Balaban J connectivity index is 1.35. The molecule has 3 fully saturated rings. The van der Waals surface area contributed by atoms with Crippen molar-refractivity contribution in [1.82, 2.24) is 5.01 Å². The smallest absolute Gasteiger partial charge is 0.508 e. The van der Waals surface area contributed by atoms with Crippen LogP contribution in [0.25, 0.3) is 0 Å². The summed E-state index contributed by atoms with van der Waals surface area (Å²) < 4.78 is 51.5. The van der Waals surface area contributed by atoms with E-state index in [-0.39, 0.29) is 34.7 Å². The molecule has 4 aromatic rings. The van der Waals surface area contributed by atoms with Crippen molar-refractivity contribution in [3.63, 3.8) is 0 Å². The number of fused-ring (bicyclic) bond motifs is 4. The molecule has 2 heterocycles. The minimum Gasteiger partial charge on any atom is -0.508 e. The average Bonchev–Trinajstić information content (AvgIpc) is 3.54. The molecule has 2 N–H and O–H groups in total. The first-order chi connectivity index (χ1) is 26.6. The first-order valence-electron chi connectivity index (χ1n) is 17.3. The van der Waals surface area contributed by atoms with Gasteiger partial charge in [-0.1, -0.05) is 47.0 Å². The number of anilines is 2. The number of benzene rings is 4. The molecular formula is C40H29Cl2F3IN3O7. The molecule has 1 saturated carbocycles. The highest BCUT2D eigenvalue weighted by atomic mass is 127. The third-order valence-corrected chi connectivity index (χ3v) is 12.5. The van der Waals surface area contributed by atoms with Crippen LogP contribution in [-0.4, -0.2) is 47.2 Å². The van der Waals surface area contributed by atoms with Gasteiger partial charge in [0, 0.05) is 20.1 Å². The Hall–Kier alpha value is -4.80. The van der Waals surface area contributed by atoms with Crippen molar-refractivity contribution in [2.75, 3.05) is 17.4 Å². The first kappa shape index (κ1) is 38.1. The van der Waals surface area contributed by atoms with Gasteiger partial charge >= 0.3 is 6.36 Å². The molecule has 8 rings (SSSR count). The monoisotopic (exact) mass is 917 g/mol. The molecule has 0 aromatic heterocycles. The molecule has 56 heavy (non-hydrogen) atoms. The van der Waals surface area contributed by atoms with Gasteiger partial charge in [-0.05, 0) is 120 Å². The number of methoxy groups -OCH3 is 1. The Labute approximate surface area is 341 Å². The van der Waals surface area contributed by atoms with Crippen LogP contribution >= 0.6 is 45.8 Å². The number of nitrogens with one attached hydrogen (secondary N) is 1. The number of alkyl halides is 3. The highest BCUT2D eigenvalue weighted by Crippen LogP contribution is 2.65. The largest absolute Gasteiger partial charge is 0.573 e. The van der Waals surface area contributed by atoms with Gasteiger partial charge < -0.3 is 14.6 Å². The molecule has 0 spiro atoms. The van der Waals surface area contributed by atoms with E-state index < -0.39 is 76.5 Å². The Kier molecular flexibility index (Phi) is 9.52. The summed E-state index contributed by atoms with van der Waals surface area (Å²) in [5, 5.41) is 12.8. The van der Waals surface area contributed by atoms with Crippen molar-refractivity contribution >= 4 is 80.8 Å². The summed E-state index contributed by atoms with van der Waals surface area (Å²) in [5.74, 6) is -8.53. The Morgan fingerprint density at radius 2 is 1.57 bits per heavy atom. The van der Waals surface area contributed by atoms with Crippen molar-refractivity contribution in [2.45, 2.75) is 30.5 Å². The SMILES string of the molecule is COc1ccc([C@@]23C(=O)N(Nc4ccc(Cl)cc4Cl)C(=O)[C@@H]2C[C@@H]2C(=CC[C@@H]4C(=O)N(c5ccc(I)cc5)C(=O)[C@@H]42)[C@@H]3c2cc(OC(F)(F)F)ccc2O)cc1. The molecule has 10 nitrogen and oxygen atoms in total. The van der Waals surface area contributed by atoms with E-state index in [0.29, 0.717) is 22.0 Å². The van der Waals surface area contributed by atoms with Gasteiger partial charge in [0.2, 0.25) is 11.8 Å². The number of hydrazine groups is 1. The molecule has 2 aliphatic heterocycles. The summed E-state index contributed by atoms with van der Waals surface area (Å²) in [6.07, 6.45) is -3.44. The van der Waals surface area contributed by atoms with Crippen LogP contribution in [0.15, 0.2) is 96.6 Å². The summed E-state index contributed by atoms with van der Waals surface area (Å²) in [4.78, 5) is 60.0. The van der Waals surface area contributed by atoms with E-state index in [1.54, 1.807) is 54.6 Å². The molecule has 288 valence electrons. The van der Waals surface area contributed by atoms with Crippen LogP contribution < -0.4 is 19.8 Å². The predicted molar refractivity (Wildman–Crippen MR) is 207 cm³/mol. The van der Waals surface area contributed by atoms with Crippen LogP contribution in [0.1, 0.15) is 29.9 Å². The van der Waals surface area contributed by atoms with Crippen LogP contribution in [0.4, 0.5) is 24.5 Å². The Bertz CT molecular complexity index is 2340. The van der Waals surface area contributed by atoms with Crippen molar-refractivity contribution in [3.8, 4) is 17.2 Å². The minimum atomic E-state index is -5.11. The number of hydrogen-bond donors (Lipinski definition) is 2. The van der Waals surface area contributed by atoms with Crippen LogP contribution in [0.3, 0.4) is 0 Å². The van der Waals surface area contributed by atoms with Gasteiger partial charge in [-0.3, -0.25) is 29.5 Å². The lowest BCUT2D eigenvalue weighted by molar-refractivity contribution is -0.274. The lowest BCUT2D eigenvalue weighted by Crippen LogP contribution is -2.53. The second kappa shape index (κ2) is 14.0. The van der Waals surface area contributed by atoms with E-state index in [9.17, 15) is 32.7 Å². The number of aromatic hydroxyl groups is 1. The van der Waals surface area contributed by atoms with E-state index in [0.717, 1.165) is 31.7 Å². The quantitative estimate of drug-likeness (QED) is 0.108.